The van der Waals surface area contributed by atoms with E-state index in [0.29, 0.717) is 24.3 Å². The third-order valence-corrected chi connectivity index (χ3v) is 2.27. The van der Waals surface area contributed by atoms with Crippen LogP contribution in [0.5, 0.6) is 5.75 Å². The zero-order valence-electron chi connectivity index (χ0n) is 10.2. The van der Waals surface area contributed by atoms with Gasteiger partial charge in [0.2, 0.25) is 0 Å². The molecule has 0 unspecified atom stereocenters. The van der Waals surface area contributed by atoms with Crippen molar-refractivity contribution in [3.8, 4) is 5.75 Å². The molecular formula is C13H19NO2. The first-order valence-electron chi connectivity index (χ1n) is 5.55. The Balaban J connectivity index is 2.73. The van der Waals surface area contributed by atoms with Crippen molar-refractivity contribution in [1.29, 1.82) is 0 Å². The van der Waals surface area contributed by atoms with Crippen molar-refractivity contribution < 1.29 is 9.53 Å². The van der Waals surface area contributed by atoms with Gasteiger partial charge in [-0.2, -0.15) is 0 Å². The van der Waals surface area contributed by atoms with Crippen molar-refractivity contribution in [2.24, 2.45) is 0 Å². The summed E-state index contributed by atoms with van der Waals surface area (Å²) in [6.45, 7) is 3.26. The highest BCUT2D eigenvalue weighted by Gasteiger charge is 2.11. The lowest BCUT2D eigenvalue weighted by Crippen LogP contribution is -2.17. The Morgan fingerprint density at radius 2 is 2.00 bits per heavy atom. The van der Waals surface area contributed by atoms with Crippen LogP contribution in [0.1, 0.15) is 23.7 Å². The number of benzene rings is 1. The van der Waals surface area contributed by atoms with Crippen LogP contribution in [0.4, 0.5) is 0 Å². The van der Waals surface area contributed by atoms with Crippen LogP contribution >= 0.6 is 0 Å². The number of hydrogen-bond donors (Lipinski definition) is 0. The molecule has 0 aliphatic carbocycles. The van der Waals surface area contributed by atoms with E-state index in [4.69, 9.17) is 4.74 Å². The number of rotatable bonds is 6. The molecule has 0 amide bonds. The molecule has 0 radical (unpaired) electrons. The summed E-state index contributed by atoms with van der Waals surface area (Å²) in [5, 5.41) is 0. The third-order valence-electron chi connectivity index (χ3n) is 2.27. The van der Waals surface area contributed by atoms with E-state index in [2.05, 4.69) is 0 Å². The molecule has 0 aromatic heterocycles. The molecule has 0 spiro atoms. The molecule has 0 atom stereocenters. The van der Waals surface area contributed by atoms with Crippen LogP contribution in [0.25, 0.3) is 0 Å². The largest absolute Gasteiger partial charge is 0.493 e. The van der Waals surface area contributed by atoms with Crippen LogP contribution in [-0.2, 0) is 0 Å². The number of hydrogen-bond acceptors (Lipinski definition) is 3. The number of carbonyl (C=O) groups is 1. The highest BCUT2D eigenvalue weighted by atomic mass is 16.5. The lowest BCUT2D eigenvalue weighted by molar-refractivity contribution is 0.0969. The molecule has 0 saturated heterocycles. The molecule has 88 valence electrons. The molecule has 1 rings (SSSR count). The van der Waals surface area contributed by atoms with Gasteiger partial charge in [-0.15, -0.1) is 0 Å². The Morgan fingerprint density at radius 3 is 2.62 bits per heavy atom. The molecule has 0 aliphatic rings. The molecule has 0 bridgehead atoms. The minimum absolute atomic E-state index is 0.137. The summed E-state index contributed by atoms with van der Waals surface area (Å²) in [6, 6.07) is 7.41. The van der Waals surface area contributed by atoms with Crippen LogP contribution in [0.2, 0.25) is 0 Å². The highest BCUT2D eigenvalue weighted by molar-refractivity contribution is 5.98. The highest BCUT2D eigenvalue weighted by Crippen LogP contribution is 2.19. The van der Waals surface area contributed by atoms with Gasteiger partial charge in [0.25, 0.3) is 0 Å². The Bertz CT molecular complexity index is 348. The molecule has 0 fully saturated rings. The van der Waals surface area contributed by atoms with E-state index >= 15 is 0 Å². The predicted molar refractivity (Wildman–Crippen MR) is 65.1 cm³/mol. The van der Waals surface area contributed by atoms with Crippen molar-refractivity contribution in [3.63, 3.8) is 0 Å². The maximum absolute atomic E-state index is 11.9. The summed E-state index contributed by atoms with van der Waals surface area (Å²) in [5.74, 6) is 0.825. The molecule has 0 saturated carbocycles. The van der Waals surface area contributed by atoms with Gasteiger partial charge in [0.15, 0.2) is 5.78 Å². The fourth-order valence-corrected chi connectivity index (χ4v) is 1.44. The fraction of sp³-hybridized carbons (Fsp3) is 0.462. The van der Waals surface area contributed by atoms with Gasteiger partial charge in [0, 0.05) is 13.0 Å². The summed E-state index contributed by atoms with van der Waals surface area (Å²) in [5.41, 5.74) is 0.686. The summed E-state index contributed by atoms with van der Waals surface area (Å²) in [7, 11) is 3.92. The Kier molecular flexibility index (Phi) is 4.99. The van der Waals surface area contributed by atoms with Crippen molar-refractivity contribution in [2.45, 2.75) is 13.3 Å². The molecule has 3 nitrogen and oxygen atoms in total. The van der Waals surface area contributed by atoms with Gasteiger partial charge in [0.05, 0.1) is 12.2 Å². The predicted octanol–water partition coefficient (Wildman–Crippen LogP) is 2.22. The molecule has 3 heteroatoms. The van der Waals surface area contributed by atoms with Gasteiger partial charge in [-0.1, -0.05) is 12.1 Å². The zero-order valence-corrected chi connectivity index (χ0v) is 10.2. The number of Topliss-reactive ketones (excluding diaryl/α,β-unsaturated/α-hetero) is 1. The summed E-state index contributed by atoms with van der Waals surface area (Å²) < 4.78 is 5.43. The van der Waals surface area contributed by atoms with Gasteiger partial charge in [-0.25, -0.2) is 0 Å². The second kappa shape index (κ2) is 6.28. The third kappa shape index (κ3) is 3.66. The molecule has 1 aromatic carbocycles. The van der Waals surface area contributed by atoms with Crippen LogP contribution < -0.4 is 4.74 Å². The van der Waals surface area contributed by atoms with Crippen LogP contribution in [-0.4, -0.2) is 37.9 Å². The van der Waals surface area contributed by atoms with Crippen LogP contribution in [0, 0.1) is 0 Å². The van der Waals surface area contributed by atoms with Gasteiger partial charge >= 0.3 is 0 Å². The molecular weight excluding hydrogens is 202 g/mol. The molecule has 0 N–H and O–H groups in total. The van der Waals surface area contributed by atoms with Crippen molar-refractivity contribution in [3.05, 3.63) is 29.8 Å². The number of nitrogens with zero attached hydrogens (tertiary/aromatic N) is 1. The Labute approximate surface area is 97.0 Å². The molecule has 0 aliphatic heterocycles. The van der Waals surface area contributed by atoms with Crippen molar-refractivity contribution in [1.82, 2.24) is 4.90 Å². The number of ether oxygens (including phenoxy) is 1. The topological polar surface area (TPSA) is 29.5 Å². The number of ketones is 1. The SMILES string of the molecule is CCOc1ccccc1C(=O)CCN(C)C. The summed E-state index contributed by atoms with van der Waals surface area (Å²) >= 11 is 0. The maximum Gasteiger partial charge on any atom is 0.167 e. The average Bonchev–Trinajstić information content (AvgIpc) is 2.27. The van der Waals surface area contributed by atoms with E-state index in [-0.39, 0.29) is 5.78 Å². The first-order chi connectivity index (χ1) is 7.65. The number of carbonyl (C=O) groups excluding carboxylic acids is 1. The van der Waals surface area contributed by atoms with Crippen LogP contribution in [0.15, 0.2) is 24.3 Å². The van der Waals surface area contributed by atoms with E-state index in [1.165, 1.54) is 0 Å². The lowest BCUT2D eigenvalue weighted by atomic mass is 10.1. The maximum atomic E-state index is 11.9. The normalized spacial score (nSPS) is 10.5. The van der Waals surface area contributed by atoms with Gasteiger partial charge in [-0.05, 0) is 33.2 Å². The van der Waals surface area contributed by atoms with E-state index < -0.39 is 0 Å². The number of para-hydroxylation sites is 1. The second-order valence-corrected chi connectivity index (χ2v) is 3.91. The molecule has 1 aromatic rings. The van der Waals surface area contributed by atoms with Gasteiger partial charge in [-0.3, -0.25) is 4.79 Å². The lowest BCUT2D eigenvalue weighted by Gasteiger charge is -2.11. The standard InChI is InChI=1S/C13H19NO2/c1-4-16-13-8-6-5-7-11(13)12(15)9-10-14(2)3/h5-8H,4,9-10H2,1-3H3. The van der Waals surface area contributed by atoms with Gasteiger partial charge in [0.1, 0.15) is 5.75 Å². The first kappa shape index (κ1) is 12.7. The smallest absolute Gasteiger partial charge is 0.167 e. The van der Waals surface area contributed by atoms with E-state index in [9.17, 15) is 4.79 Å². The zero-order chi connectivity index (χ0) is 12.0. The molecule has 0 heterocycles. The van der Waals surface area contributed by atoms with E-state index in [1.807, 2.05) is 50.2 Å². The monoisotopic (exact) mass is 221 g/mol. The quantitative estimate of drug-likeness (QED) is 0.690. The first-order valence-corrected chi connectivity index (χ1v) is 5.55. The second-order valence-electron chi connectivity index (χ2n) is 3.91. The van der Waals surface area contributed by atoms with Crippen molar-refractivity contribution in [2.75, 3.05) is 27.2 Å². The van der Waals surface area contributed by atoms with E-state index in [1.54, 1.807) is 0 Å². The van der Waals surface area contributed by atoms with Crippen LogP contribution in [0.3, 0.4) is 0 Å². The summed E-state index contributed by atoms with van der Waals surface area (Å²) in [6.07, 6.45) is 0.525. The minimum atomic E-state index is 0.137. The average molecular weight is 221 g/mol. The Hall–Kier alpha value is -1.35. The van der Waals surface area contributed by atoms with Gasteiger partial charge < -0.3 is 9.64 Å². The summed E-state index contributed by atoms with van der Waals surface area (Å²) in [4.78, 5) is 13.9. The molecule has 16 heavy (non-hydrogen) atoms. The fourth-order valence-electron chi connectivity index (χ4n) is 1.44. The van der Waals surface area contributed by atoms with Crippen molar-refractivity contribution >= 4 is 5.78 Å². The van der Waals surface area contributed by atoms with E-state index in [0.717, 1.165) is 6.54 Å². The Morgan fingerprint density at radius 1 is 1.31 bits per heavy atom. The minimum Gasteiger partial charge on any atom is -0.493 e.